The van der Waals surface area contributed by atoms with E-state index in [1.807, 2.05) is 0 Å². The molecule has 2 aromatic rings. The Morgan fingerprint density at radius 2 is 1.61 bits per heavy atom. The predicted molar refractivity (Wildman–Crippen MR) is 84.2 cm³/mol. The van der Waals surface area contributed by atoms with Gasteiger partial charge in [0.25, 0.3) is 0 Å². The van der Waals surface area contributed by atoms with E-state index in [9.17, 15) is 19.8 Å². The number of nitrogens with zero attached hydrogens (tertiary/aromatic N) is 1. The van der Waals surface area contributed by atoms with Gasteiger partial charge in [0.1, 0.15) is 0 Å². The van der Waals surface area contributed by atoms with Gasteiger partial charge in [-0.25, -0.2) is 4.79 Å². The Labute approximate surface area is 133 Å². The van der Waals surface area contributed by atoms with E-state index in [-0.39, 0.29) is 22.4 Å². The first kappa shape index (κ1) is 15.1. The van der Waals surface area contributed by atoms with Crippen molar-refractivity contribution >= 4 is 17.4 Å². The van der Waals surface area contributed by atoms with Gasteiger partial charge in [0, 0.05) is 29.9 Å². The number of hydrogen-bond acceptors (Lipinski definition) is 4. The number of anilines is 1. The maximum Gasteiger partial charge on any atom is 0.336 e. The topological polar surface area (TPSA) is 80.7 Å². The molecule has 23 heavy (non-hydrogen) atoms. The van der Waals surface area contributed by atoms with Crippen LogP contribution in [0.25, 0.3) is 0 Å². The average molecular weight is 310 g/mol. The lowest BCUT2D eigenvalue weighted by Crippen LogP contribution is -2.18. The maximum absolute atomic E-state index is 12.5. The first-order valence-electron chi connectivity index (χ1n) is 7.51. The lowest BCUT2D eigenvalue weighted by atomic mass is 9.97. The molecule has 0 bridgehead atoms. The van der Waals surface area contributed by atoms with Crippen LogP contribution in [0.3, 0.4) is 0 Å². The van der Waals surface area contributed by atoms with Crippen LogP contribution in [0.4, 0.5) is 5.69 Å². The van der Waals surface area contributed by atoms with Crippen molar-refractivity contribution in [1.29, 1.82) is 0 Å². The highest BCUT2D eigenvalue weighted by Gasteiger charge is 2.19. The fourth-order valence-corrected chi connectivity index (χ4v) is 2.88. The quantitative estimate of drug-likeness (QED) is 0.876. The van der Waals surface area contributed by atoms with Gasteiger partial charge in [-0.05, 0) is 37.1 Å². The Balaban J connectivity index is 1.95. The molecule has 0 saturated carbocycles. The van der Waals surface area contributed by atoms with Crippen LogP contribution in [0.15, 0.2) is 42.5 Å². The van der Waals surface area contributed by atoms with Crippen LogP contribution in [-0.2, 0) is 0 Å². The summed E-state index contributed by atoms with van der Waals surface area (Å²) in [5.41, 5.74) is 0.753. The molecule has 5 nitrogen and oxygen atoms in total. The Kier molecular flexibility index (Phi) is 4.02. The molecule has 1 aliphatic heterocycles. The largest absolute Gasteiger partial charge is 0.872 e. The third-order valence-electron chi connectivity index (χ3n) is 4.08. The van der Waals surface area contributed by atoms with Crippen molar-refractivity contribution in [2.45, 2.75) is 12.8 Å². The number of carbonyl (C=O) groups is 2. The predicted octanol–water partition coefficient (Wildman–Crippen LogP) is 2.29. The second kappa shape index (κ2) is 6.12. The van der Waals surface area contributed by atoms with E-state index in [1.165, 1.54) is 24.3 Å². The molecule has 0 spiro atoms. The SMILES string of the molecule is O=C(O)c1ccccc1C(=O)c1ccc(N2CCCC2)cc1[O-]. The number of carbonyl (C=O) groups excluding carboxylic acids is 1. The minimum absolute atomic E-state index is 0.00152. The van der Waals surface area contributed by atoms with Gasteiger partial charge >= 0.3 is 5.97 Å². The van der Waals surface area contributed by atoms with Crippen LogP contribution < -0.4 is 10.0 Å². The van der Waals surface area contributed by atoms with Crippen molar-refractivity contribution < 1.29 is 19.8 Å². The van der Waals surface area contributed by atoms with Gasteiger partial charge in [-0.3, -0.25) is 4.79 Å². The standard InChI is InChI=1S/C18H17NO4/c20-16-11-12(19-9-3-4-10-19)7-8-15(16)17(21)13-5-1-2-6-14(13)18(22)23/h1-2,5-8,11,20H,3-4,9-10H2,(H,22,23)/p-1. The highest BCUT2D eigenvalue weighted by molar-refractivity contribution is 6.15. The van der Waals surface area contributed by atoms with Gasteiger partial charge in [-0.2, -0.15) is 0 Å². The first-order chi connectivity index (χ1) is 11.1. The zero-order valence-corrected chi connectivity index (χ0v) is 12.5. The van der Waals surface area contributed by atoms with E-state index < -0.39 is 11.8 Å². The molecule has 0 amide bonds. The molecule has 3 rings (SSSR count). The molecular formula is C18H16NO4-. The number of rotatable bonds is 4. The molecular weight excluding hydrogens is 294 g/mol. The van der Waals surface area contributed by atoms with Crippen LogP contribution in [0.2, 0.25) is 0 Å². The van der Waals surface area contributed by atoms with Crippen LogP contribution in [-0.4, -0.2) is 29.9 Å². The molecule has 5 heteroatoms. The fraction of sp³-hybridized carbons (Fsp3) is 0.222. The molecule has 0 radical (unpaired) electrons. The van der Waals surface area contributed by atoms with E-state index in [0.29, 0.717) is 0 Å². The zero-order chi connectivity index (χ0) is 16.4. The molecule has 0 atom stereocenters. The molecule has 2 aromatic carbocycles. The normalized spacial score (nSPS) is 14.0. The van der Waals surface area contributed by atoms with Gasteiger partial charge in [0.15, 0.2) is 5.78 Å². The fourth-order valence-electron chi connectivity index (χ4n) is 2.88. The van der Waals surface area contributed by atoms with Crippen LogP contribution in [0.1, 0.15) is 39.1 Å². The summed E-state index contributed by atoms with van der Waals surface area (Å²) in [5.74, 6) is -2.12. The third-order valence-corrected chi connectivity index (χ3v) is 4.08. The van der Waals surface area contributed by atoms with E-state index in [1.54, 1.807) is 18.2 Å². The Morgan fingerprint density at radius 3 is 2.22 bits per heavy atom. The monoisotopic (exact) mass is 310 g/mol. The van der Waals surface area contributed by atoms with Crippen LogP contribution in [0.5, 0.6) is 5.75 Å². The van der Waals surface area contributed by atoms with Gasteiger partial charge in [-0.1, -0.05) is 23.9 Å². The highest BCUT2D eigenvalue weighted by Crippen LogP contribution is 2.27. The minimum atomic E-state index is -1.19. The van der Waals surface area contributed by atoms with E-state index in [2.05, 4.69) is 4.90 Å². The van der Waals surface area contributed by atoms with Crippen molar-refractivity contribution in [1.82, 2.24) is 0 Å². The molecule has 118 valence electrons. The van der Waals surface area contributed by atoms with Gasteiger partial charge < -0.3 is 15.1 Å². The number of benzene rings is 2. The molecule has 0 unspecified atom stereocenters. The van der Waals surface area contributed by atoms with Crippen LogP contribution in [0, 0.1) is 0 Å². The van der Waals surface area contributed by atoms with Crippen molar-refractivity contribution in [2.75, 3.05) is 18.0 Å². The van der Waals surface area contributed by atoms with Crippen molar-refractivity contribution in [3.05, 3.63) is 59.2 Å². The summed E-state index contributed by atoms with van der Waals surface area (Å²) in [6.07, 6.45) is 2.20. The second-order valence-electron chi connectivity index (χ2n) is 5.55. The van der Waals surface area contributed by atoms with Crippen LogP contribution >= 0.6 is 0 Å². The van der Waals surface area contributed by atoms with E-state index >= 15 is 0 Å². The Hall–Kier alpha value is -2.82. The van der Waals surface area contributed by atoms with Gasteiger partial charge in [-0.15, -0.1) is 0 Å². The molecule has 0 aromatic heterocycles. The lowest BCUT2D eigenvalue weighted by Gasteiger charge is -2.21. The van der Waals surface area contributed by atoms with Gasteiger partial charge in [0.05, 0.1) is 5.56 Å². The second-order valence-corrected chi connectivity index (χ2v) is 5.55. The number of carboxylic acid groups (broad SMARTS) is 1. The number of hydrogen-bond donors (Lipinski definition) is 1. The first-order valence-corrected chi connectivity index (χ1v) is 7.51. The molecule has 1 heterocycles. The smallest absolute Gasteiger partial charge is 0.336 e. The lowest BCUT2D eigenvalue weighted by molar-refractivity contribution is -0.268. The maximum atomic E-state index is 12.5. The Morgan fingerprint density at radius 1 is 0.957 bits per heavy atom. The Bertz CT molecular complexity index is 763. The summed E-state index contributed by atoms with van der Waals surface area (Å²) in [6.45, 7) is 1.82. The third kappa shape index (κ3) is 2.90. The number of carboxylic acids is 1. The van der Waals surface area contributed by atoms with E-state index in [0.717, 1.165) is 31.6 Å². The summed E-state index contributed by atoms with van der Waals surface area (Å²) in [5, 5.41) is 21.5. The van der Waals surface area contributed by atoms with E-state index in [4.69, 9.17) is 0 Å². The van der Waals surface area contributed by atoms with Gasteiger partial charge in [0.2, 0.25) is 0 Å². The zero-order valence-electron chi connectivity index (χ0n) is 12.5. The summed E-state index contributed by atoms with van der Waals surface area (Å²) < 4.78 is 0. The molecule has 0 aliphatic carbocycles. The number of ketones is 1. The van der Waals surface area contributed by atoms with Crippen molar-refractivity contribution in [3.8, 4) is 5.75 Å². The summed E-state index contributed by atoms with van der Waals surface area (Å²) in [6, 6.07) is 10.6. The van der Waals surface area contributed by atoms with Crippen molar-refractivity contribution in [2.24, 2.45) is 0 Å². The minimum Gasteiger partial charge on any atom is -0.872 e. The molecule has 1 saturated heterocycles. The number of aromatic carboxylic acids is 1. The molecule has 1 N–H and O–H groups in total. The highest BCUT2D eigenvalue weighted by atomic mass is 16.4. The van der Waals surface area contributed by atoms with Crippen molar-refractivity contribution in [3.63, 3.8) is 0 Å². The summed E-state index contributed by atoms with van der Waals surface area (Å²) >= 11 is 0. The summed E-state index contributed by atoms with van der Waals surface area (Å²) in [4.78, 5) is 25.9. The molecule has 1 fully saturated rings. The molecule has 1 aliphatic rings. The average Bonchev–Trinajstić information content (AvgIpc) is 3.08. The summed E-state index contributed by atoms with van der Waals surface area (Å²) in [7, 11) is 0.